The fraction of sp³-hybridized carbons (Fsp3) is 0.532. The van der Waals surface area contributed by atoms with Gasteiger partial charge in [0.05, 0.1) is 69.8 Å². The van der Waals surface area contributed by atoms with E-state index in [0.717, 1.165) is 83.6 Å². The maximum absolute atomic E-state index is 12.1. The van der Waals surface area contributed by atoms with Gasteiger partial charge in [-0.25, -0.2) is 9.59 Å². The third-order valence-corrected chi connectivity index (χ3v) is 16.7. The minimum atomic E-state index is -0.477. The van der Waals surface area contributed by atoms with Crippen LogP contribution in [0.3, 0.4) is 0 Å². The first-order valence-corrected chi connectivity index (χ1v) is 34.8. The number of nitrogens with two attached hydrogens (primary N) is 3. The maximum atomic E-state index is 12.1. The number of hydrogen-bond acceptors (Lipinski definition) is 25. The van der Waals surface area contributed by atoms with Crippen LogP contribution in [0.2, 0.25) is 30.1 Å². The van der Waals surface area contributed by atoms with Crippen LogP contribution < -0.4 is 38.5 Å². The van der Waals surface area contributed by atoms with Crippen molar-refractivity contribution in [2.24, 2.45) is 0 Å². The van der Waals surface area contributed by atoms with Gasteiger partial charge in [0.1, 0.15) is 28.3 Å². The van der Waals surface area contributed by atoms with Crippen molar-refractivity contribution in [1.29, 1.82) is 0 Å². The molecule has 0 saturated carbocycles. The zero-order valence-electron chi connectivity index (χ0n) is 54.9. The van der Waals surface area contributed by atoms with Crippen LogP contribution in [-0.2, 0) is 23.7 Å². The van der Waals surface area contributed by atoms with Crippen molar-refractivity contribution in [1.82, 2.24) is 70.5 Å². The molecule has 0 atom stereocenters. The van der Waals surface area contributed by atoms with Gasteiger partial charge in [0, 0.05) is 120 Å². The van der Waals surface area contributed by atoms with Crippen LogP contribution in [0.25, 0.3) is 33.8 Å². The van der Waals surface area contributed by atoms with Crippen molar-refractivity contribution >= 4 is 133 Å². The van der Waals surface area contributed by atoms with E-state index in [9.17, 15) is 9.59 Å². The number of carbonyl (C=O) groups excluding carboxylic acids is 2. The summed E-state index contributed by atoms with van der Waals surface area (Å²) in [7, 11) is 0. The van der Waals surface area contributed by atoms with E-state index in [-0.39, 0.29) is 35.2 Å². The normalized spacial score (nSPS) is 14.4. The van der Waals surface area contributed by atoms with E-state index in [1.807, 2.05) is 41.5 Å². The number of hydrogen-bond donors (Lipinski definition) is 7. The van der Waals surface area contributed by atoms with Crippen LogP contribution in [-0.4, -0.2) is 232 Å². The monoisotopic (exact) mass is 1510 g/mol. The van der Waals surface area contributed by atoms with Gasteiger partial charge in [-0.1, -0.05) is 122 Å². The molecule has 526 valence electrons. The van der Waals surface area contributed by atoms with E-state index in [2.05, 4.69) is 92.5 Å². The molecule has 0 radical (unpaired) electrons. The van der Waals surface area contributed by atoms with Crippen molar-refractivity contribution in [2.45, 2.75) is 72.0 Å². The third kappa shape index (κ3) is 27.4. The molecule has 0 unspecified atom stereocenters. The summed E-state index contributed by atoms with van der Waals surface area (Å²) in [6, 6.07) is 15.7. The van der Waals surface area contributed by atoms with Crippen molar-refractivity contribution in [3.8, 4) is 33.8 Å². The molecule has 3 fully saturated rings. The Labute approximate surface area is 599 Å². The van der Waals surface area contributed by atoms with Crippen molar-refractivity contribution < 1.29 is 33.3 Å². The SMILES string of the molecule is CC(C)(C)OC(=O)N1CCCCC1.CC(C)(C)OC(=O)N1CCN(CCOCCNc2nnc(-c3cccc(Cl)c3Cl)c(N)n2)CC1.Nc1nc(NCCOCCBr)nnc1-c1cccc(Cl)c1Cl.Nc1nc(NCCOCCN2CCNCC2)nnc1-c1cccc(Cl)c1Cl. The molecule has 2 amide bonds. The van der Waals surface area contributed by atoms with Gasteiger partial charge < -0.3 is 72.0 Å². The molecular formula is C62H87BrCl6N20O7. The second-order valence-electron chi connectivity index (χ2n) is 23.6. The highest BCUT2D eigenvalue weighted by atomic mass is 79.9. The summed E-state index contributed by atoms with van der Waals surface area (Å²) < 4.78 is 27.3. The minimum Gasteiger partial charge on any atom is -0.444 e. The van der Waals surface area contributed by atoms with Gasteiger partial charge in [-0.15, -0.1) is 30.6 Å². The average molecular weight is 1520 g/mol. The molecule has 0 bridgehead atoms. The van der Waals surface area contributed by atoms with Gasteiger partial charge in [0.15, 0.2) is 17.5 Å². The topological polar surface area (TPSA) is 335 Å². The number of nitrogen functional groups attached to an aromatic ring is 3. The molecule has 34 heteroatoms. The Bertz CT molecular complexity index is 3380. The summed E-state index contributed by atoms with van der Waals surface area (Å²) in [6.45, 7) is 27.0. The molecule has 6 aromatic rings. The van der Waals surface area contributed by atoms with Crippen LogP contribution in [0.4, 0.5) is 44.9 Å². The Morgan fingerprint density at radius 3 is 1.17 bits per heavy atom. The summed E-state index contributed by atoms with van der Waals surface area (Å²) in [5, 5.41) is 40.0. The number of rotatable bonds is 23. The number of alkyl halides is 1. The second-order valence-corrected chi connectivity index (χ2v) is 26.8. The lowest BCUT2D eigenvalue weighted by Crippen LogP contribution is -2.50. The van der Waals surface area contributed by atoms with Crippen LogP contribution in [0.15, 0.2) is 54.6 Å². The number of likely N-dealkylation sites (tertiary alicyclic amines) is 1. The van der Waals surface area contributed by atoms with Crippen molar-refractivity contribution in [2.75, 3.05) is 176 Å². The van der Waals surface area contributed by atoms with E-state index in [1.165, 1.54) is 6.42 Å². The van der Waals surface area contributed by atoms with Gasteiger partial charge in [-0.2, -0.15) is 15.0 Å². The smallest absolute Gasteiger partial charge is 0.410 e. The maximum Gasteiger partial charge on any atom is 0.410 e. The van der Waals surface area contributed by atoms with Crippen LogP contribution >= 0.6 is 85.5 Å². The number of carbonyl (C=O) groups is 2. The molecule has 3 aliphatic heterocycles. The van der Waals surface area contributed by atoms with E-state index in [1.54, 1.807) is 64.4 Å². The molecule has 3 aliphatic rings. The molecule has 3 saturated heterocycles. The second kappa shape index (κ2) is 40.8. The van der Waals surface area contributed by atoms with Crippen molar-refractivity contribution in [3.63, 3.8) is 0 Å². The summed E-state index contributed by atoms with van der Waals surface area (Å²) in [4.78, 5) is 44.5. The van der Waals surface area contributed by atoms with Crippen LogP contribution in [0.1, 0.15) is 60.8 Å². The van der Waals surface area contributed by atoms with Gasteiger partial charge >= 0.3 is 12.2 Å². The predicted octanol–water partition coefficient (Wildman–Crippen LogP) is 10.8. The molecule has 0 spiro atoms. The number of benzene rings is 3. The Balaban J connectivity index is 0.000000212. The zero-order valence-corrected chi connectivity index (χ0v) is 61.0. The highest BCUT2D eigenvalue weighted by Gasteiger charge is 2.27. The van der Waals surface area contributed by atoms with E-state index in [0.29, 0.717) is 154 Å². The number of amides is 2. The van der Waals surface area contributed by atoms with E-state index in [4.69, 9.17) is 110 Å². The largest absolute Gasteiger partial charge is 0.444 e. The molecule has 96 heavy (non-hydrogen) atoms. The first kappa shape index (κ1) is 79.0. The highest BCUT2D eigenvalue weighted by Crippen LogP contribution is 2.37. The molecule has 3 aromatic carbocycles. The molecule has 0 aliphatic carbocycles. The van der Waals surface area contributed by atoms with Gasteiger partial charge in [-0.3, -0.25) is 9.80 Å². The Morgan fingerprint density at radius 1 is 0.479 bits per heavy atom. The summed E-state index contributed by atoms with van der Waals surface area (Å²) >= 11 is 39.9. The van der Waals surface area contributed by atoms with Crippen molar-refractivity contribution in [3.05, 3.63) is 84.7 Å². The van der Waals surface area contributed by atoms with Crippen LogP contribution in [0.5, 0.6) is 0 Å². The lowest BCUT2D eigenvalue weighted by atomic mass is 10.1. The van der Waals surface area contributed by atoms with Gasteiger partial charge in [0.2, 0.25) is 17.8 Å². The lowest BCUT2D eigenvalue weighted by Gasteiger charge is -2.35. The molecule has 3 aromatic heterocycles. The fourth-order valence-electron chi connectivity index (χ4n) is 9.15. The molecule has 10 N–H and O–H groups in total. The number of piperidine rings is 1. The minimum absolute atomic E-state index is 0.160. The van der Waals surface area contributed by atoms with Gasteiger partial charge in [-0.05, 0) is 79.0 Å². The lowest BCUT2D eigenvalue weighted by molar-refractivity contribution is 0.0117. The first-order chi connectivity index (χ1) is 45.9. The van der Waals surface area contributed by atoms with E-state index < -0.39 is 5.60 Å². The van der Waals surface area contributed by atoms with Gasteiger partial charge in [0.25, 0.3) is 0 Å². The zero-order chi connectivity index (χ0) is 69.6. The third-order valence-electron chi connectivity index (χ3n) is 13.9. The quantitative estimate of drug-likeness (QED) is 0.0231. The predicted molar refractivity (Wildman–Crippen MR) is 386 cm³/mol. The number of piperazine rings is 2. The van der Waals surface area contributed by atoms with Crippen LogP contribution in [0, 0.1) is 0 Å². The first-order valence-electron chi connectivity index (χ1n) is 31.4. The van der Waals surface area contributed by atoms with E-state index >= 15 is 0 Å². The Morgan fingerprint density at radius 2 is 0.823 bits per heavy atom. The standard InChI is InChI=1S/C22H31Cl2N7O3.C17H23Cl2N7O.C13H14BrCl2N5O.C10H19NO2/c1-22(2,3)34-21(32)31-10-8-30(9-11-31)12-14-33-13-7-26-20-27-19(25)18(28-29-20)15-5-4-6-16(23)17(15)24;18-13-3-1-2-12(14(13)19)15-16(20)23-17(25-24-15)22-6-10-27-11-9-26-7-4-21-5-8-26;14-4-6-22-7-5-18-13-19-12(17)11(20-21-13)8-2-1-3-9(15)10(8)16;1-10(2,3)13-9(12)11-7-5-4-6-8-11/h4-6H,7-14H2,1-3H3,(H3,25,26,27,29);1-3,21H,4-11H2,(H3,20,22,23,25);1-3H,4-7H2,(H3,17,18,19,21);4-8H2,1-3H3. The summed E-state index contributed by atoms with van der Waals surface area (Å²) in [6.07, 6.45) is 3.04. The Hall–Kier alpha value is -5.99. The molecule has 6 heterocycles. The number of nitrogens with zero attached hydrogens (tertiary/aromatic N) is 13. The average Bonchev–Trinajstić information content (AvgIpc) is 0.858. The number of nitrogens with one attached hydrogen (secondary N) is 4. The summed E-state index contributed by atoms with van der Waals surface area (Å²) in [5.41, 5.74) is 20.1. The fourth-order valence-corrected chi connectivity index (χ4v) is 10.5. The number of anilines is 6. The molecular weight excluding hydrogens is 1430 g/mol. The number of halogens is 7. The Kier molecular flexibility index (Phi) is 33.6. The highest BCUT2D eigenvalue weighted by molar-refractivity contribution is 9.09. The molecule has 9 rings (SSSR count). The number of aromatic nitrogens is 9. The number of ether oxygens (including phenoxy) is 5. The summed E-state index contributed by atoms with van der Waals surface area (Å²) in [5.74, 6) is 1.65. The molecule has 27 nitrogen and oxygen atoms in total.